The van der Waals surface area contributed by atoms with E-state index in [1.165, 1.54) is 132 Å². The van der Waals surface area contributed by atoms with Gasteiger partial charge in [0.1, 0.15) is 0 Å². The van der Waals surface area contributed by atoms with Crippen molar-refractivity contribution in [2.45, 2.75) is 119 Å². The number of fused-ring (bicyclic) bond motifs is 9. The predicted octanol–water partition coefficient (Wildman–Crippen LogP) is 17.8. The van der Waals surface area contributed by atoms with Crippen LogP contribution in [0.5, 0.6) is 0 Å². The van der Waals surface area contributed by atoms with E-state index in [-0.39, 0.29) is 33.5 Å². The second-order valence-electron chi connectivity index (χ2n) is 23.8. The SMILES string of the molecule is Cc1c2ccccc2c(C)c2cc3c(cc12)C1=CC=C2c4c(c(-c5cc(C(C)(C)C)cc(C(C)(C)C)c5)c5ccccc5c4-c4cc(C(C)(C)C)cc(C(C)(C)C)c4)C4=CC=C3C1C24. The zero-order chi connectivity index (χ0) is 45.2. The van der Waals surface area contributed by atoms with Crippen LogP contribution in [0.3, 0.4) is 0 Å². The molecule has 7 aromatic carbocycles. The second-order valence-corrected chi connectivity index (χ2v) is 23.8. The second kappa shape index (κ2) is 13.4. The number of hydrogen-bond donors (Lipinski definition) is 0. The predicted molar refractivity (Wildman–Crippen MR) is 279 cm³/mol. The fraction of sp³-hybridized carbons (Fsp3) is 0.312. The fourth-order valence-corrected chi connectivity index (χ4v) is 11.8. The summed E-state index contributed by atoms with van der Waals surface area (Å²) in [5.74, 6) is 0.483. The molecule has 0 unspecified atom stereocenters. The zero-order valence-electron chi connectivity index (χ0n) is 40.7. The highest BCUT2D eigenvalue weighted by molar-refractivity contribution is 6.21. The van der Waals surface area contributed by atoms with Crippen LogP contribution in [0.2, 0.25) is 0 Å². The number of rotatable bonds is 2. The van der Waals surface area contributed by atoms with E-state index < -0.39 is 0 Å². The van der Waals surface area contributed by atoms with Gasteiger partial charge in [-0.1, -0.05) is 192 Å². The van der Waals surface area contributed by atoms with Crippen LogP contribution < -0.4 is 0 Å². The van der Waals surface area contributed by atoms with Crippen molar-refractivity contribution in [3.8, 4) is 22.3 Å². The Kier molecular flexibility index (Phi) is 8.60. The third-order valence-electron chi connectivity index (χ3n) is 15.6. The molecule has 0 spiro atoms. The van der Waals surface area contributed by atoms with Crippen molar-refractivity contribution in [3.63, 3.8) is 0 Å². The van der Waals surface area contributed by atoms with E-state index in [9.17, 15) is 0 Å². The highest BCUT2D eigenvalue weighted by Gasteiger charge is 2.49. The van der Waals surface area contributed by atoms with Crippen molar-refractivity contribution >= 4 is 54.6 Å². The molecule has 0 fully saturated rings. The average molecular weight is 833 g/mol. The fourth-order valence-electron chi connectivity index (χ4n) is 11.8. The van der Waals surface area contributed by atoms with Gasteiger partial charge in [-0.05, 0) is 180 Å². The summed E-state index contributed by atoms with van der Waals surface area (Å²) < 4.78 is 0. The van der Waals surface area contributed by atoms with Crippen molar-refractivity contribution in [1.82, 2.24) is 0 Å². The van der Waals surface area contributed by atoms with Gasteiger partial charge in [0, 0.05) is 11.8 Å². The minimum Gasteiger partial charge on any atom is -0.0616 e. The Balaban J connectivity index is 1.26. The molecule has 0 heterocycles. The summed E-state index contributed by atoms with van der Waals surface area (Å²) in [4.78, 5) is 0. The van der Waals surface area contributed by atoms with Crippen LogP contribution in [0.1, 0.15) is 139 Å². The maximum Gasteiger partial charge on any atom is 0.0212 e. The number of aryl methyl sites for hydroxylation is 2. The first-order valence-corrected chi connectivity index (χ1v) is 23.8. The lowest BCUT2D eigenvalue weighted by Gasteiger charge is -2.31. The summed E-state index contributed by atoms with van der Waals surface area (Å²) in [6.07, 6.45) is 10.1. The van der Waals surface area contributed by atoms with Crippen LogP contribution in [0.25, 0.3) is 76.9 Å². The molecule has 0 atom stereocenters. The lowest BCUT2D eigenvalue weighted by molar-refractivity contribution is 0.568. The third-order valence-corrected chi connectivity index (χ3v) is 15.6. The van der Waals surface area contributed by atoms with Crippen molar-refractivity contribution in [3.05, 3.63) is 177 Å². The molecule has 11 rings (SSSR count). The molecule has 320 valence electrons. The Morgan fingerprint density at radius 1 is 0.312 bits per heavy atom. The molecule has 0 radical (unpaired) electrons. The van der Waals surface area contributed by atoms with Gasteiger partial charge in [0.25, 0.3) is 0 Å². The molecule has 64 heavy (non-hydrogen) atoms. The average Bonchev–Trinajstić information content (AvgIpc) is 3.74. The zero-order valence-corrected chi connectivity index (χ0v) is 40.7. The number of allylic oxidation sites excluding steroid dienone is 8. The van der Waals surface area contributed by atoms with E-state index in [0.717, 1.165) is 0 Å². The molecule has 0 amide bonds. The Morgan fingerprint density at radius 3 is 0.938 bits per heavy atom. The molecule has 0 nitrogen and oxygen atoms in total. The van der Waals surface area contributed by atoms with E-state index >= 15 is 0 Å². The molecule has 7 aromatic rings. The standard InChI is InChI=1S/C64H64/c1-35-43-19-15-16-20-44(43)36(2)52-34-54-48-24-26-50-58-49(25-23-47(57(48)58)53(54)33-51(35)52)59-55(37-27-39(61(3,4)5)31-40(28-37)62(6,7)8)45-21-17-18-22-46(45)56(60(50)59)38-29-41(63(9,10)11)32-42(30-38)64(12,13)14/h15-34,57-58H,1-14H3. The highest BCUT2D eigenvalue weighted by atomic mass is 14.5. The van der Waals surface area contributed by atoms with E-state index in [1.54, 1.807) is 0 Å². The van der Waals surface area contributed by atoms with Gasteiger partial charge in [-0.25, -0.2) is 0 Å². The van der Waals surface area contributed by atoms with Gasteiger partial charge in [0.2, 0.25) is 0 Å². The smallest absolute Gasteiger partial charge is 0.0212 e. The molecular formula is C64H64. The summed E-state index contributed by atoms with van der Waals surface area (Å²) in [5.41, 5.74) is 25.3. The summed E-state index contributed by atoms with van der Waals surface area (Å²) in [5, 5.41) is 8.15. The minimum atomic E-state index is -0.00944. The lowest BCUT2D eigenvalue weighted by Crippen LogP contribution is -2.18. The van der Waals surface area contributed by atoms with Crippen LogP contribution in [0, 0.1) is 25.7 Å². The van der Waals surface area contributed by atoms with Gasteiger partial charge >= 0.3 is 0 Å². The number of benzene rings is 7. The summed E-state index contributed by atoms with van der Waals surface area (Å²) in [7, 11) is 0. The van der Waals surface area contributed by atoms with Crippen LogP contribution in [-0.4, -0.2) is 0 Å². The minimum absolute atomic E-state index is 0.00944. The molecule has 0 aromatic heterocycles. The van der Waals surface area contributed by atoms with Crippen LogP contribution >= 0.6 is 0 Å². The summed E-state index contributed by atoms with van der Waals surface area (Å²) >= 11 is 0. The maximum atomic E-state index is 2.55. The van der Waals surface area contributed by atoms with E-state index in [1.807, 2.05) is 0 Å². The van der Waals surface area contributed by atoms with E-state index in [0.29, 0.717) is 0 Å². The van der Waals surface area contributed by atoms with Crippen LogP contribution in [0.4, 0.5) is 0 Å². The monoisotopic (exact) mass is 833 g/mol. The Hall–Kier alpha value is -5.72. The summed E-state index contributed by atoms with van der Waals surface area (Å²) in [6.45, 7) is 33.1. The van der Waals surface area contributed by atoms with E-state index in [4.69, 9.17) is 0 Å². The van der Waals surface area contributed by atoms with E-state index in [2.05, 4.69) is 218 Å². The van der Waals surface area contributed by atoms with Gasteiger partial charge < -0.3 is 0 Å². The highest BCUT2D eigenvalue weighted by Crippen LogP contribution is 2.66. The first-order chi connectivity index (χ1) is 30.1. The molecule has 4 aliphatic carbocycles. The van der Waals surface area contributed by atoms with Gasteiger partial charge in [-0.15, -0.1) is 0 Å². The van der Waals surface area contributed by atoms with Crippen LogP contribution in [-0.2, 0) is 21.7 Å². The maximum absolute atomic E-state index is 2.55. The summed E-state index contributed by atoms with van der Waals surface area (Å²) in [6, 6.07) is 38.5. The Morgan fingerprint density at radius 2 is 0.609 bits per heavy atom. The molecule has 0 saturated carbocycles. The van der Waals surface area contributed by atoms with Crippen molar-refractivity contribution < 1.29 is 0 Å². The Labute approximate surface area is 382 Å². The number of hydrogen-bond acceptors (Lipinski definition) is 0. The molecule has 0 aliphatic heterocycles. The largest absolute Gasteiger partial charge is 0.0616 e. The normalized spacial score (nSPS) is 17.9. The van der Waals surface area contributed by atoms with Gasteiger partial charge in [0.05, 0.1) is 0 Å². The first kappa shape index (κ1) is 41.0. The van der Waals surface area contributed by atoms with Crippen LogP contribution in [0.15, 0.2) is 121 Å². The van der Waals surface area contributed by atoms with Crippen molar-refractivity contribution in [2.75, 3.05) is 0 Å². The first-order valence-electron chi connectivity index (χ1n) is 23.8. The molecular weight excluding hydrogens is 769 g/mol. The van der Waals surface area contributed by atoms with Gasteiger partial charge in [-0.3, -0.25) is 0 Å². The molecule has 0 bridgehead atoms. The topological polar surface area (TPSA) is 0 Å². The quantitative estimate of drug-likeness (QED) is 0.152. The molecule has 0 N–H and O–H groups in total. The molecule has 4 aliphatic rings. The van der Waals surface area contributed by atoms with Gasteiger partial charge in [-0.2, -0.15) is 0 Å². The molecule has 0 saturated heterocycles. The lowest BCUT2D eigenvalue weighted by atomic mass is 9.71. The third kappa shape index (κ3) is 5.93. The van der Waals surface area contributed by atoms with Gasteiger partial charge in [0.15, 0.2) is 0 Å². The molecule has 0 heteroatoms. The Bertz CT molecular complexity index is 3070. The van der Waals surface area contributed by atoms with Crippen molar-refractivity contribution in [1.29, 1.82) is 0 Å². The van der Waals surface area contributed by atoms with Crippen molar-refractivity contribution in [2.24, 2.45) is 11.8 Å².